The highest BCUT2D eigenvalue weighted by atomic mass is 19.3. The molecule has 0 radical (unpaired) electrons. The highest BCUT2D eigenvalue weighted by Crippen LogP contribution is 2.27. The fourth-order valence-corrected chi connectivity index (χ4v) is 2.60. The maximum absolute atomic E-state index is 12.6. The summed E-state index contributed by atoms with van der Waals surface area (Å²) in [6.07, 6.45) is 3.35. The zero-order valence-corrected chi connectivity index (χ0v) is 14.4. The third-order valence-corrected chi connectivity index (χ3v) is 3.68. The summed E-state index contributed by atoms with van der Waals surface area (Å²) < 4.78 is 36.4. The van der Waals surface area contributed by atoms with Crippen LogP contribution in [0.1, 0.15) is 36.6 Å². The average molecular weight is 361 g/mol. The van der Waals surface area contributed by atoms with Crippen LogP contribution in [0.25, 0.3) is 6.08 Å². The molecule has 1 aromatic carbocycles. The summed E-state index contributed by atoms with van der Waals surface area (Å²) in [5.41, 5.74) is 1.82. The van der Waals surface area contributed by atoms with Crippen LogP contribution in [0.4, 0.5) is 8.78 Å². The van der Waals surface area contributed by atoms with E-state index in [1.165, 1.54) is 12.1 Å². The van der Waals surface area contributed by atoms with Gasteiger partial charge >= 0.3 is 12.6 Å². The molecule has 2 aromatic rings. The fraction of sp³-hybridized carbons (Fsp3) is 0.278. The lowest BCUT2D eigenvalue weighted by molar-refractivity contribution is -0.129. The number of aliphatic imine (C=N–C) groups is 1. The van der Waals surface area contributed by atoms with Crippen molar-refractivity contribution in [3.05, 3.63) is 53.0 Å². The van der Waals surface area contributed by atoms with E-state index < -0.39 is 12.6 Å². The molecule has 0 atom stereocenters. The maximum atomic E-state index is 12.6. The molecule has 0 fully saturated rings. The van der Waals surface area contributed by atoms with Crippen LogP contribution in [0.3, 0.4) is 0 Å². The van der Waals surface area contributed by atoms with Gasteiger partial charge in [0.1, 0.15) is 5.75 Å². The zero-order chi connectivity index (χ0) is 18.8. The van der Waals surface area contributed by atoms with Gasteiger partial charge in [-0.05, 0) is 24.1 Å². The van der Waals surface area contributed by atoms with Crippen molar-refractivity contribution in [2.75, 3.05) is 0 Å². The van der Waals surface area contributed by atoms with Gasteiger partial charge in [0.2, 0.25) is 5.90 Å². The molecule has 8 heteroatoms. The van der Waals surface area contributed by atoms with E-state index in [2.05, 4.69) is 14.8 Å². The Bertz CT molecular complexity index is 901. The van der Waals surface area contributed by atoms with Crippen molar-refractivity contribution in [2.45, 2.75) is 26.4 Å². The van der Waals surface area contributed by atoms with Crippen LogP contribution in [-0.2, 0) is 16.6 Å². The van der Waals surface area contributed by atoms with Gasteiger partial charge in [-0.1, -0.05) is 26.0 Å². The second-order valence-corrected chi connectivity index (χ2v) is 6.01. The number of nitrogens with zero attached hydrogens (tertiary/aromatic N) is 3. The topological polar surface area (TPSA) is 65.7 Å². The van der Waals surface area contributed by atoms with Gasteiger partial charge in [0.05, 0.1) is 11.3 Å². The van der Waals surface area contributed by atoms with Crippen molar-refractivity contribution in [1.29, 1.82) is 0 Å². The molecule has 0 N–H and O–H groups in total. The van der Waals surface area contributed by atoms with E-state index >= 15 is 0 Å². The van der Waals surface area contributed by atoms with Crippen molar-refractivity contribution in [3.63, 3.8) is 0 Å². The van der Waals surface area contributed by atoms with Crippen molar-refractivity contribution < 1.29 is 23.0 Å². The van der Waals surface area contributed by atoms with Crippen molar-refractivity contribution in [2.24, 2.45) is 12.0 Å². The molecule has 0 aliphatic carbocycles. The first kappa shape index (κ1) is 17.8. The summed E-state index contributed by atoms with van der Waals surface area (Å²) in [5, 5.41) is 4.37. The molecule has 136 valence electrons. The first-order valence-corrected chi connectivity index (χ1v) is 7.95. The van der Waals surface area contributed by atoms with E-state index in [0.29, 0.717) is 0 Å². The molecule has 0 amide bonds. The SMILES string of the molecule is CC(C)c1nn(C)cc1/C=C1\N=C(c2ccccc2OC(F)F)OC1=O. The molecule has 1 aromatic heterocycles. The average Bonchev–Trinajstić information content (AvgIpc) is 3.11. The quantitative estimate of drug-likeness (QED) is 0.604. The number of carbonyl (C=O) groups excluding carboxylic acids is 1. The number of hydrogen-bond acceptors (Lipinski definition) is 5. The number of alkyl halides is 2. The predicted octanol–water partition coefficient (Wildman–Crippen LogP) is 3.49. The number of aryl methyl sites for hydroxylation is 1. The van der Waals surface area contributed by atoms with Crippen molar-refractivity contribution in [1.82, 2.24) is 9.78 Å². The lowest BCUT2D eigenvalue weighted by Crippen LogP contribution is -2.10. The molecule has 6 nitrogen and oxygen atoms in total. The van der Waals surface area contributed by atoms with E-state index in [4.69, 9.17) is 4.74 Å². The first-order valence-electron chi connectivity index (χ1n) is 7.95. The summed E-state index contributed by atoms with van der Waals surface area (Å²) in [6.45, 7) is 0.987. The van der Waals surface area contributed by atoms with Gasteiger partial charge in [0.15, 0.2) is 5.70 Å². The number of benzene rings is 1. The summed E-state index contributed by atoms with van der Waals surface area (Å²) in [6, 6.07) is 6.01. The van der Waals surface area contributed by atoms with Crippen LogP contribution in [0.2, 0.25) is 0 Å². The lowest BCUT2D eigenvalue weighted by Gasteiger charge is -2.08. The molecular formula is C18H17F2N3O3. The Morgan fingerprint density at radius 1 is 1.27 bits per heavy atom. The molecule has 0 saturated carbocycles. The highest BCUT2D eigenvalue weighted by Gasteiger charge is 2.27. The van der Waals surface area contributed by atoms with Crippen molar-refractivity contribution in [3.8, 4) is 5.75 Å². The van der Waals surface area contributed by atoms with Crippen LogP contribution >= 0.6 is 0 Å². The number of hydrogen-bond donors (Lipinski definition) is 0. The Labute approximate surface area is 148 Å². The third kappa shape index (κ3) is 3.63. The van der Waals surface area contributed by atoms with Gasteiger partial charge in [-0.15, -0.1) is 0 Å². The van der Waals surface area contributed by atoms with Gasteiger partial charge in [-0.2, -0.15) is 13.9 Å². The van der Waals surface area contributed by atoms with Gasteiger partial charge in [0.25, 0.3) is 0 Å². The number of carbonyl (C=O) groups is 1. The summed E-state index contributed by atoms with van der Waals surface area (Å²) in [5.74, 6) is -0.693. The Balaban J connectivity index is 1.98. The standard InChI is InChI=1S/C18H17F2N3O3/c1-10(2)15-11(9-23(3)22-15)8-13-17(24)26-16(21-13)12-6-4-5-7-14(12)25-18(19)20/h4-10,18H,1-3H3/b13-8-. The largest absolute Gasteiger partial charge is 0.434 e. The van der Waals surface area contributed by atoms with Gasteiger partial charge < -0.3 is 9.47 Å². The van der Waals surface area contributed by atoms with Crippen LogP contribution in [0.5, 0.6) is 5.75 Å². The molecule has 26 heavy (non-hydrogen) atoms. The summed E-state index contributed by atoms with van der Waals surface area (Å²) >= 11 is 0. The van der Waals surface area contributed by atoms with E-state index in [1.54, 1.807) is 36.1 Å². The molecule has 0 unspecified atom stereocenters. The number of para-hydroxylation sites is 1. The van der Waals surface area contributed by atoms with E-state index in [0.717, 1.165) is 11.3 Å². The Hall–Kier alpha value is -3.03. The Morgan fingerprint density at radius 2 is 2.00 bits per heavy atom. The minimum Gasteiger partial charge on any atom is -0.434 e. The number of ether oxygens (including phenoxy) is 2. The monoisotopic (exact) mass is 361 g/mol. The second kappa shape index (κ2) is 7.07. The van der Waals surface area contributed by atoms with Crippen LogP contribution in [-0.4, -0.2) is 28.3 Å². The normalized spacial score (nSPS) is 15.7. The zero-order valence-electron chi connectivity index (χ0n) is 14.4. The summed E-state index contributed by atoms with van der Waals surface area (Å²) in [7, 11) is 1.79. The molecule has 0 bridgehead atoms. The molecule has 3 rings (SSSR count). The van der Waals surface area contributed by atoms with Crippen LogP contribution in [0, 0.1) is 0 Å². The van der Waals surface area contributed by atoms with Gasteiger partial charge in [-0.25, -0.2) is 9.79 Å². The van der Waals surface area contributed by atoms with E-state index in [9.17, 15) is 13.6 Å². The number of rotatable bonds is 5. The lowest BCUT2D eigenvalue weighted by atomic mass is 10.1. The molecule has 0 saturated heterocycles. The molecule has 0 spiro atoms. The third-order valence-electron chi connectivity index (χ3n) is 3.68. The predicted molar refractivity (Wildman–Crippen MR) is 91.0 cm³/mol. The van der Waals surface area contributed by atoms with E-state index in [-0.39, 0.29) is 28.8 Å². The van der Waals surface area contributed by atoms with Gasteiger partial charge in [0, 0.05) is 18.8 Å². The molecule has 2 heterocycles. The molecule has 1 aliphatic rings. The molecule has 1 aliphatic heterocycles. The highest BCUT2D eigenvalue weighted by molar-refractivity contribution is 6.13. The first-order chi connectivity index (χ1) is 12.3. The smallest absolute Gasteiger partial charge is 0.387 e. The Morgan fingerprint density at radius 3 is 2.69 bits per heavy atom. The van der Waals surface area contributed by atoms with Crippen LogP contribution < -0.4 is 4.74 Å². The van der Waals surface area contributed by atoms with Gasteiger partial charge in [-0.3, -0.25) is 4.68 Å². The minimum atomic E-state index is -2.99. The van der Waals surface area contributed by atoms with Crippen molar-refractivity contribution >= 4 is 17.9 Å². The fourth-order valence-electron chi connectivity index (χ4n) is 2.60. The maximum Gasteiger partial charge on any atom is 0.387 e. The minimum absolute atomic E-state index is 0.0711. The number of esters is 1. The van der Waals surface area contributed by atoms with Crippen LogP contribution in [0.15, 0.2) is 41.2 Å². The Kier molecular flexibility index (Phi) is 4.83. The number of cyclic esters (lactones) is 1. The molecular weight excluding hydrogens is 344 g/mol. The summed E-state index contributed by atoms with van der Waals surface area (Å²) in [4.78, 5) is 16.3. The van der Waals surface area contributed by atoms with E-state index in [1.807, 2.05) is 13.8 Å². The number of halogens is 2. The second-order valence-electron chi connectivity index (χ2n) is 6.01. The number of aromatic nitrogens is 2.